The highest BCUT2D eigenvalue weighted by molar-refractivity contribution is 5.71. The van der Waals surface area contributed by atoms with Gasteiger partial charge in [0.2, 0.25) is 0 Å². The molecule has 3 aromatic rings. The van der Waals surface area contributed by atoms with Gasteiger partial charge in [-0.2, -0.15) is 10.4 Å². The van der Waals surface area contributed by atoms with Crippen LogP contribution < -0.4 is 4.74 Å². The molecule has 0 aliphatic heterocycles. The van der Waals surface area contributed by atoms with Crippen LogP contribution >= 0.6 is 0 Å². The van der Waals surface area contributed by atoms with Crippen LogP contribution in [0.4, 0.5) is 4.39 Å². The summed E-state index contributed by atoms with van der Waals surface area (Å²) in [6, 6.07) is 6.60. The summed E-state index contributed by atoms with van der Waals surface area (Å²) in [6.07, 6.45) is 4.54. The maximum atomic E-state index is 14.0. The van der Waals surface area contributed by atoms with Crippen LogP contribution in [-0.2, 0) is 0 Å². The van der Waals surface area contributed by atoms with Crippen LogP contribution in [0.3, 0.4) is 0 Å². The maximum absolute atomic E-state index is 14.0. The zero-order valence-electron chi connectivity index (χ0n) is 10.5. The lowest BCUT2D eigenvalue weighted by Gasteiger charge is -2.09. The van der Waals surface area contributed by atoms with Crippen molar-refractivity contribution in [2.75, 3.05) is 7.11 Å². The van der Waals surface area contributed by atoms with E-state index in [9.17, 15) is 4.39 Å². The second-order valence-electron chi connectivity index (χ2n) is 4.10. The molecule has 0 aliphatic rings. The van der Waals surface area contributed by atoms with Gasteiger partial charge in [-0.15, -0.1) is 0 Å². The first-order valence-electron chi connectivity index (χ1n) is 5.81. The third-order valence-electron chi connectivity index (χ3n) is 2.96. The van der Waals surface area contributed by atoms with Gasteiger partial charge in [-0.05, 0) is 12.1 Å². The normalized spacial score (nSPS) is 10.4. The van der Waals surface area contributed by atoms with Crippen LogP contribution in [-0.4, -0.2) is 21.7 Å². The number of nitrogens with zero attached hydrogens (tertiary/aromatic N) is 4. The Morgan fingerprint density at radius 3 is 2.95 bits per heavy atom. The summed E-state index contributed by atoms with van der Waals surface area (Å²) in [5.74, 6) is 0.0111. The van der Waals surface area contributed by atoms with Crippen molar-refractivity contribution < 1.29 is 9.13 Å². The van der Waals surface area contributed by atoms with Crippen LogP contribution in [0.5, 0.6) is 5.75 Å². The van der Waals surface area contributed by atoms with Gasteiger partial charge in [0, 0.05) is 18.0 Å². The van der Waals surface area contributed by atoms with E-state index in [0.29, 0.717) is 28.1 Å². The molecular weight excluding hydrogens is 259 g/mol. The van der Waals surface area contributed by atoms with E-state index in [1.807, 2.05) is 6.07 Å². The fraction of sp³-hybridized carbons (Fsp3) is 0.0714. The number of fused-ring (bicyclic) bond motifs is 1. The summed E-state index contributed by atoms with van der Waals surface area (Å²) in [6.45, 7) is 0. The monoisotopic (exact) mass is 268 g/mol. The lowest BCUT2D eigenvalue weighted by atomic mass is 10.1. The number of benzene rings is 1. The minimum absolute atomic E-state index is 0.318. The predicted octanol–water partition coefficient (Wildman–Crippen LogP) is 2.42. The molecule has 0 radical (unpaired) electrons. The van der Waals surface area contributed by atoms with Gasteiger partial charge in [0.1, 0.15) is 23.2 Å². The standard InChI is InChI=1S/C14H9FN4O/c1-20-12-4-2-3-11(15)13(12)10-6-17-14-9(5-16)7-18-19(14)8-10/h2-4,6-8H,1H3. The molecule has 2 heterocycles. The summed E-state index contributed by atoms with van der Waals surface area (Å²) in [5, 5.41) is 12.9. The van der Waals surface area contributed by atoms with Crippen molar-refractivity contribution in [2.24, 2.45) is 0 Å². The third-order valence-corrected chi connectivity index (χ3v) is 2.96. The highest BCUT2D eigenvalue weighted by Crippen LogP contribution is 2.32. The topological polar surface area (TPSA) is 63.2 Å². The Hall–Kier alpha value is -2.94. The fourth-order valence-corrected chi connectivity index (χ4v) is 2.04. The van der Waals surface area contributed by atoms with Crippen LogP contribution in [0.25, 0.3) is 16.8 Å². The Bertz CT molecular complexity index is 835. The first kappa shape index (κ1) is 12.1. The number of aromatic nitrogens is 3. The molecular formula is C14H9FN4O. The van der Waals surface area contributed by atoms with Crippen molar-refractivity contribution >= 4 is 5.65 Å². The van der Waals surface area contributed by atoms with Gasteiger partial charge in [-0.3, -0.25) is 0 Å². The van der Waals surface area contributed by atoms with Crippen molar-refractivity contribution in [3.63, 3.8) is 0 Å². The molecule has 98 valence electrons. The molecule has 0 atom stereocenters. The van der Waals surface area contributed by atoms with E-state index in [1.165, 1.54) is 30.1 Å². The van der Waals surface area contributed by atoms with E-state index < -0.39 is 5.82 Å². The lowest BCUT2D eigenvalue weighted by molar-refractivity contribution is 0.413. The summed E-state index contributed by atoms with van der Waals surface area (Å²) in [4.78, 5) is 4.16. The molecule has 0 unspecified atom stereocenters. The number of rotatable bonds is 2. The summed E-state index contributed by atoms with van der Waals surface area (Å²) in [7, 11) is 1.48. The number of methoxy groups -OCH3 is 1. The Balaban J connectivity index is 2.23. The van der Waals surface area contributed by atoms with E-state index >= 15 is 0 Å². The molecule has 0 amide bonds. The Kier molecular flexibility index (Phi) is 2.80. The molecule has 6 heteroatoms. The number of ether oxygens (including phenoxy) is 1. The first-order valence-corrected chi connectivity index (χ1v) is 5.81. The molecule has 2 aromatic heterocycles. The molecule has 5 nitrogen and oxygen atoms in total. The van der Waals surface area contributed by atoms with Gasteiger partial charge in [-0.1, -0.05) is 6.07 Å². The molecule has 20 heavy (non-hydrogen) atoms. The van der Waals surface area contributed by atoms with Crippen molar-refractivity contribution in [2.45, 2.75) is 0 Å². The van der Waals surface area contributed by atoms with E-state index in [-0.39, 0.29) is 0 Å². The first-order chi connectivity index (χ1) is 9.74. The average Bonchev–Trinajstić information content (AvgIpc) is 2.89. The Morgan fingerprint density at radius 1 is 1.35 bits per heavy atom. The minimum atomic E-state index is -0.404. The van der Waals surface area contributed by atoms with Crippen LogP contribution in [0.1, 0.15) is 5.56 Å². The maximum Gasteiger partial charge on any atom is 0.172 e. The molecule has 0 aliphatic carbocycles. The van der Waals surface area contributed by atoms with Crippen molar-refractivity contribution in [1.82, 2.24) is 14.6 Å². The molecule has 0 fully saturated rings. The number of hydrogen-bond donors (Lipinski definition) is 0. The van der Waals surface area contributed by atoms with Gasteiger partial charge >= 0.3 is 0 Å². The molecule has 0 saturated carbocycles. The van der Waals surface area contributed by atoms with Gasteiger partial charge in [-0.25, -0.2) is 13.9 Å². The van der Waals surface area contributed by atoms with Crippen LogP contribution in [0.15, 0.2) is 36.8 Å². The highest BCUT2D eigenvalue weighted by atomic mass is 19.1. The predicted molar refractivity (Wildman–Crippen MR) is 69.6 cm³/mol. The quantitative estimate of drug-likeness (QED) is 0.716. The number of nitriles is 1. The van der Waals surface area contributed by atoms with E-state index in [1.54, 1.807) is 18.3 Å². The average molecular weight is 268 g/mol. The molecule has 0 spiro atoms. The van der Waals surface area contributed by atoms with Gasteiger partial charge in [0.05, 0.1) is 18.9 Å². The zero-order chi connectivity index (χ0) is 14.1. The highest BCUT2D eigenvalue weighted by Gasteiger charge is 2.14. The van der Waals surface area contributed by atoms with E-state index in [4.69, 9.17) is 10.00 Å². The molecule has 3 rings (SSSR count). The number of hydrogen-bond acceptors (Lipinski definition) is 4. The lowest BCUT2D eigenvalue weighted by Crippen LogP contribution is -1.96. The van der Waals surface area contributed by atoms with Crippen molar-refractivity contribution in [3.05, 3.63) is 48.2 Å². The summed E-state index contributed by atoms with van der Waals surface area (Å²) in [5.41, 5.74) is 1.65. The summed E-state index contributed by atoms with van der Waals surface area (Å²) >= 11 is 0. The third kappa shape index (κ3) is 1.77. The zero-order valence-corrected chi connectivity index (χ0v) is 10.5. The number of halogens is 1. The Labute approximate surface area is 113 Å². The second kappa shape index (κ2) is 4.63. The van der Waals surface area contributed by atoms with E-state index in [2.05, 4.69) is 10.1 Å². The SMILES string of the molecule is COc1cccc(F)c1-c1cnc2c(C#N)cnn2c1. The molecule has 0 bridgehead atoms. The Morgan fingerprint density at radius 2 is 2.20 bits per heavy atom. The van der Waals surface area contributed by atoms with Crippen LogP contribution in [0, 0.1) is 17.1 Å². The van der Waals surface area contributed by atoms with Gasteiger partial charge in [0.25, 0.3) is 0 Å². The van der Waals surface area contributed by atoms with Crippen molar-refractivity contribution in [3.8, 4) is 22.9 Å². The van der Waals surface area contributed by atoms with Gasteiger partial charge in [0.15, 0.2) is 5.65 Å². The van der Waals surface area contributed by atoms with Crippen LogP contribution in [0.2, 0.25) is 0 Å². The largest absolute Gasteiger partial charge is 0.496 e. The minimum Gasteiger partial charge on any atom is -0.496 e. The van der Waals surface area contributed by atoms with E-state index in [0.717, 1.165) is 0 Å². The van der Waals surface area contributed by atoms with Crippen molar-refractivity contribution in [1.29, 1.82) is 5.26 Å². The summed E-state index contributed by atoms with van der Waals surface area (Å²) < 4.78 is 20.6. The van der Waals surface area contributed by atoms with Gasteiger partial charge < -0.3 is 4.74 Å². The molecule has 1 aromatic carbocycles. The smallest absolute Gasteiger partial charge is 0.172 e. The molecule has 0 N–H and O–H groups in total. The molecule has 0 saturated heterocycles. The second-order valence-corrected chi connectivity index (χ2v) is 4.10. The fourth-order valence-electron chi connectivity index (χ4n) is 2.04.